The second-order valence-electron chi connectivity index (χ2n) is 8.75. The van der Waals surface area contributed by atoms with Crippen molar-refractivity contribution in [2.24, 2.45) is 0 Å². The smallest absolute Gasteiger partial charge is 0.243 e. The summed E-state index contributed by atoms with van der Waals surface area (Å²) in [7, 11) is -3.59. The number of hydrogen-bond acceptors (Lipinski definition) is 4. The molecule has 3 aromatic rings. The van der Waals surface area contributed by atoms with Crippen LogP contribution < -0.4 is 4.31 Å². The largest absolute Gasteiger partial charge is 0.339 e. The molecule has 1 saturated heterocycles. The van der Waals surface area contributed by atoms with E-state index >= 15 is 0 Å². The van der Waals surface area contributed by atoms with Crippen LogP contribution in [0.2, 0.25) is 0 Å². The number of hydrogen-bond donors (Lipinski definition) is 0. The van der Waals surface area contributed by atoms with Crippen LogP contribution in [0.5, 0.6) is 0 Å². The minimum Gasteiger partial charge on any atom is -0.339 e. The average molecular weight is 478 g/mol. The highest BCUT2D eigenvalue weighted by Crippen LogP contribution is 2.29. The van der Waals surface area contributed by atoms with Gasteiger partial charge in [0, 0.05) is 26.2 Å². The van der Waals surface area contributed by atoms with E-state index in [2.05, 4.69) is 53.4 Å². The van der Waals surface area contributed by atoms with Crippen molar-refractivity contribution in [2.75, 3.05) is 43.3 Å². The first kappa shape index (κ1) is 24.0. The van der Waals surface area contributed by atoms with E-state index in [9.17, 15) is 13.2 Å². The van der Waals surface area contributed by atoms with E-state index in [1.165, 1.54) is 15.4 Å². The maximum Gasteiger partial charge on any atom is 0.243 e. The molecule has 1 heterocycles. The van der Waals surface area contributed by atoms with Gasteiger partial charge in [-0.1, -0.05) is 72.8 Å². The molecule has 0 aliphatic carbocycles. The van der Waals surface area contributed by atoms with Gasteiger partial charge in [0.25, 0.3) is 0 Å². The average Bonchev–Trinajstić information content (AvgIpc) is 2.84. The second-order valence-corrected chi connectivity index (χ2v) is 10.7. The van der Waals surface area contributed by atoms with Crippen molar-refractivity contribution in [2.45, 2.75) is 13.0 Å². The number of anilines is 1. The molecule has 178 valence electrons. The summed E-state index contributed by atoms with van der Waals surface area (Å²) in [6, 6.07) is 28.1. The van der Waals surface area contributed by atoms with Crippen molar-refractivity contribution in [1.29, 1.82) is 0 Å². The topological polar surface area (TPSA) is 60.9 Å². The molecule has 6 nitrogen and oxygen atoms in total. The number of nitrogens with zero attached hydrogens (tertiary/aromatic N) is 3. The van der Waals surface area contributed by atoms with Gasteiger partial charge in [0.2, 0.25) is 15.9 Å². The van der Waals surface area contributed by atoms with Gasteiger partial charge in [0.05, 0.1) is 18.0 Å². The summed E-state index contributed by atoms with van der Waals surface area (Å²) in [5, 5.41) is 0. The first-order chi connectivity index (χ1) is 16.3. The molecule has 0 bridgehead atoms. The maximum atomic E-state index is 13.1. The van der Waals surface area contributed by atoms with Crippen LogP contribution in [0.3, 0.4) is 0 Å². The van der Waals surface area contributed by atoms with Crippen molar-refractivity contribution in [1.82, 2.24) is 9.80 Å². The summed E-state index contributed by atoms with van der Waals surface area (Å²) in [4.78, 5) is 17.3. The number of carbonyl (C=O) groups is 1. The van der Waals surface area contributed by atoms with E-state index in [0.717, 1.165) is 11.8 Å². The summed E-state index contributed by atoms with van der Waals surface area (Å²) in [6.45, 7) is 4.25. The number of piperazine rings is 1. The number of benzene rings is 3. The molecule has 0 saturated carbocycles. The molecule has 3 aromatic carbocycles. The Bertz CT molecular complexity index is 1170. The number of aryl methyl sites for hydroxylation is 1. The van der Waals surface area contributed by atoms with Crippen molar-refractivity contribution in [3.8, 4) is 0 Å². The molecule has 0 atom stereocenters. The number of sulfonamides is 1. The summed E-state index contributed by atoms with van der Waals surface area (Å²) in [5.74, 6) is -0.178. The van der Waals surface area contributed by atoms with Crippen LogP contribution >= 0.6 is 0 Å². The Balaban J connectivity index is 1.47. The second kappa shape index (κ2) is 10.4. The highest BCUT2D eigenvalue weighted by atomic mass is 32.2. The van der Waals surface area contributed by atoms with Crippen LogP contribution in [0, 0.1) is 6.92 Å². The number of amides is 1. The Morgan fingerprint density at radius 1 is 0.853 bits per heavy atom. The van der Waals surface area contributed by atoms with Gasteiger partial charge < -0.3 is 4.90 Å². The lowest BCUT2D eigenvalue weighted by molar-refractivity contribution is -0.131. The number of carbonyl (C=O) groups excluding carboxylic acids is 1. The van der Waals surface area contributed by atoms with Crippen molar-refractivity contribution >= 4 is 21.6 Å². The molecular formula is C27H31N3O3S. The summed E-state index contributed by atoms with van der Waals surface area (Å²) < 4.78 is 26.1. The summed E-state index contributed by atoms with van der Waals surface area (Å²) >= 11 is 0. The third-order valence-corrected chi connectivity index (χ3v) is 7.37. The summed E-state index contributed by atoms with van der Waals surface area (Å²) in [5.41, 5.74) is 3.90. The molecule has 0 spiro atoms. The molecule has 0 aromatic heterocycles. The monoisotopic (exact) mass is 477 g/mol. The fraction of sp³-hybridized carbons (Fsp3) is 0.296. The fourth-order valence-corrected chi connectivity index (χ4v) is 5.36. The van der Waals surface area contributed by atoms with E-state index in [1.54, 1.807) is 23.1 Å². The molecule has 4 rings (SSSR count). The molecule has 1 aliphatic rings. The molecular weight excluding hydrogens is 446 g/mol. The van der Waals surface area contributed by atoms with Crippen LogP contribution in [-0.4, -0.2) is 63.1 Å². The van der Waals surface area contributed by atoms with Crippen molar-refractivity contribution < 1.29 is 13.2 Å². The minimum absolute atomic E-state index is 0.111. The number of rotatable bonds is 7. The first-order valence-corrected chi connectivity index (χ1v) is 13.3. The Morgan fingerprint density at radius 3 is 1.91 bits per heavy atom. The third kappa shape index (κ3) is 5.66. The van der Waals surface area contributed by atoms with Gasteiger partial charge in [0.1, 0.15) is 6.54 Å². The van der Waals surface area contributed by atoms with Gasteiger partial charge in [-0.15, -0.1) is 0 Å². The molecule has 34 heavy (non-hydrogen) atoms. The zero-order valence-corrected chi connectivity index (χ0v) is 20.5. The van der Waals surface area contributed by atoms with Gasteiger partial charge in [0.15, 0.2) is 0 Å². The van der Waals surface area contributed by atoms with E-state index in [4.69, 9.17) is 0 Å². The van der Waals surface area contributed by atoms with Crippen LogP contribution in [0.4, 0.5) is 5.69 Å². The van der Waals surface area contributed by atoms with Gasteiger partial charge in [-0.3, -0.25) is 14.0 Å². The molecule has 0 N–H and O–H groups in total. The highest BCUT2D eigenvalue weighted by molar-refractivity contribution is 7.92. The van der Waals surface area contributed by atoms with Crippen molar-refractivity contribution in [3.05, 3.63) is 102 Å². The van der Waals surface area contributed by atoms with Gasteiger partial charge in [-0.25, -0.2) is 8.42 Å². The molecule has 1 fully saturated rings. The van der Waals surface area contributed by atoms with Crippen LogP contribution in [0.25, 0.3) is 0 Å². The van der Waals surface area contributed by atoms with Gasteiger partial charge in [-0.2, -0.15) is 0 Å². The van der Waals surface area contributed by atoms with E-state index < -0.39 is 10.0 Å². The Morgan fingerprint density at radius 2 is 1.41 bits per heavy atom. The molecule has 0 radical (unpaired) electrons. The lowest BCUT2D eigenvalue weighted by Gasteiger charge is -2.40. The standard InChI is InChI=1S/C27H31N3O3S/c1-22-10-9-15-25(20-22)30(34(2,32)33)21-26(31)28-16-18-29(19-17-28)27(23-11-5-3-6-12-23)24-13-7-4-8-14-24/h3-15,20,27H,16-19,21H2,1-2H3. The molecule has 0 unspecified atom stereocenters. The lowest BCUT2D eigenvalue weighted by Crippen LogP contribution is -2.52. The van der Waals surface area contributed by atoms with Gasteiger partial charge in [-0.05, 0) is 35.7 Å². The van der Waals surface area contributed by atoms with E-state index in [1.807, 2.05) is 25.1 Å². The van der Waals surface area contributed by atoms with E-state index in [-0.39, 0.29) is 18.5 Å². The molecule has 7 heteroatoms. The Kier molecular flexibility index (Phi) is 7.34. The van der Waals surface area contributed by atoms with Crippen LogP contribution in [-0.2, 0) is 14.8 Å². The Labute approximate surface area is 202 Å². The third-order valence-electron chi connectivity index (χ3n) is 6.23. The predicted molar refractivity (Wildman–Crippen MR) is 136 cm³/mol. The minimum atomic E-state index is -3.59. The maximum absolute atomic E-state index is 13.1. The van der Waals surface area contributed by atoms with Gasteiger partial charge >= 0.3 is 0 Å². The predicted octanol–water partition coefficient (Wildman–Crippen LogP) is 3.69. The van der Waals surface area contributed by atoms with Crippen LogP contribution in [0.1, 0.15) is 22.7 Å². The SMILES string of the molecule is Cc1cccc(N(CC(=O)N2CCN(C(c3ccccc3)c3ccccc3)CC2)S(C)(=O)=O)c1. The normalized spacial score (nSPS) is 14.9. The van der Waals surface area contributed by atoms with Crippen LogP contribution in [0.15, 0.2) is 84.9 Å². The quantitative estimate of drug-likeness (QED) is 0.521. The summed E-state index contributed by atoms with van der Waals surface area (Å²) in [6.07, 6.45) is 1.14. The molecule has 1 aliphatic heterocycles. The first-order valence-electron chi connectivity index (χ1n) is 11.5. The zero-order chi connectivity index (χ0) is 24.1. The zero-order valence-electron chi connectivity index (χ0n) is 19.7. The van der Waals surface area contributed by atoms with Crippen molar-refractivity contribution in [3.63, 3.8) is 0 Å². The molecule has 1 amide bonds. The lowest BCUT2D eigenvalue weighted by atomic mass is 9.96. The van der Waals surface area contributed by atoms with E-state index in [0.29, 0.717) is 31.9 Å². The Hall–Kier alpha value is -3.16. The highest BCUT2D eigenvalue weighted by Gasteiger charge is 2.30. The fourth-order valence-electron chi connectivity index (χ4n) is 4.52.